The molecule has 0 fully saturated rings. The highest BCUT2D eigenvalue weighted by Crippen LogP contribution is 2.33. The van der Waals surface area contributed by atoms with Crippen molar-refractivity contribution in [1.29, 1.82) is 0 Å². The van der Waals surface area contributed by atoms with Crippen molar-refractivity contribution in [3.05, 3.63) is 27.5 Å². The van der Waals surface area contributed by atoms with Crippen LogP contribution in [0.15, 0.2) is 23.6 Å². The van der Waals surface area contributed by atoms with E-state index in [1.807, 2.05) is 23.6 Å². The van der Waals surface area contributed by atoms with Gasteiger partial charge in [-0.1, -0.05) is 0 Å². The van der Waals surface area contributed by atoms with Crippen LogP contribution in [-0.2, 0) is 0 Å². The summed E-state index contributed by atoms with van der Waals surface area (Å²) in [5.74, 6) is 1.54. The molecule has 0 radical (unpaired) electrons. The zero-order valence-electron chi connectivity index (χ0n) is 8.94. The van der Waals surface area contributed by atoms with Gasteiger partial charge in [-0.2, -0.15) is 0 Å². The normalized spacial score (nSPS) is 10.1. The molecule has 0 saturated carbocycles. The van der Waals surface area contributed by atoms with Crippen LogP contribution in [-0.4, -0.2) is 19.2 Å². The molecule has 2 aromatic rings. The number of benzene rings is 1. The Kier molecular flexibility index (Phi) is 3.26. The van der Waals surface area contributed by atoms with Gasteiger partial charge in [0.2, 0.25) is 0 Å². The van der Waals surface area contributed by atoms with Crippen LogP contribution in [0.2, 0.25) is 0 Å². The fourth-order valence-electron chi connectivity index (χ4n) is 1.43. The van der Waals surface area contributed by atoms with E-state index in [1.165, 1.54) is 11.3 Å². The molecule has 0 unspecified atom stereocenters. The first kappa shape index (κ1) is 11.2. The van der Waals surface area contributed by atoms with Gasteiger partial charge < -0.3 is 14.5 Å². The van der Waals surface area contributed by atoms with E-state index in [0.29, 0.717) is 0 Å². The lowest BCUT2D eigenvalue weighted by molar-refractivity contribution is 0.395. The van der Waals surface area contributed by atoms with E-state index in [1.54, 1.807) is 14.2 Å². The van der Waals surface area contributed by atoms with Crippen LogP contribution < -0.4 is 9.47 Å². The molecule has 1 aromatic heterocycles. The van der Waals surface area contributed by atoms with Crippen molar-refractivity contribution in [2.75, 3.05) is 14.2 Å². The Bertz CT molecular complexity index is 545. The van der Waals surface area contributed by atoms with E-state index in [9.17, 15) is 0 Å². The van der Waals surface area contributed by atoms with Gasteiger partial charge in [-0.3, -0.25) is 0 Å². The molecular weight excluding hydrogens is 242 g/mol. The predicted molar refractivity (Wildman–Crippen MR) is 68.0 cm³/mol. The second-order valence-corrected chi connectivity index (χ2v) is 4.67. The highest BCUT2D eigenvalue weighted by atomic mass is 32.1. The number of rotatable bonds is 3. The van der Waals surface area contributed by atoms with E-state index in [4.69, 9.17) is 21.7 Å². The molecule has 1 aromatic carbocycles. The Morgan fingerprint density at radius 3 is 2.62 bits per heavy atom. The van der Waals surface area contributed by atoms with Gasteiger partial charge in [0.1, 0.15) is 11.5 Å². The van der Waals surface area contributed by atoms with Gasteiger partial charge in [0.15, 0.2) is 3.95 Å². The van der Waals surface area contributed by atoms with Crippen LogP contribution in [0.3, 0.4) is 0 Å². The van der Waals surface area contributed by atoms with Gasteiger partial charge in [0, 0.05) is 17.0 Å². The maximum atomic E-state index is 5.32. The maximum Gasteiger partial charge on any atom is 0.158 e. The number of ether oxygens (including phenoxy) is 2. The van der Waals surface area contributed by atoms with Crippen LogP contribution >= 0.6 is 23.6 Å². The molecule has 1 heterocycles. The summed E-state index contributed by atoms with van der Waals surface area (Å²) in [5, 5.41) is 1.98. The third-order valence-electron chi connectivity index (χ3n) is 2.22. The van der Waals surface area contributed by atoms with Crippen molar-refractivity contribution in [2.45, 2.75) is 0 Å². The second kappa shape index (κ2) is 4.67. The summed E-state index contributed by atoms with van der Waals surface area (Å²) >= 11 is 6.56. The molecule has 16 heavy (non-hydrogen) atoms. The van der Waals surface area contributed by atoms with Crippen molar-refractivity contribution in [2.24, 2.45) is 0 Å². The summed E-state index contributed by atoms with van der Waals surface area (Å²) in [6.07, 6.45) is 0. The topological polar surface area (TPSA) is 34.2 Å². The third kappa shape index (κ3) is 2.10. The molecule has 1 N–H and O–H groups in total. The van der Waals surface area contributed by atoms with Gasteiger partial charge in [0.05, 0.1) is 19.9 Å². The monoisotopic (exact) mass is 253 g/mol. The summed E-state index contributed by atoms with van der Waals surface area (Å²) in [4.78, 5) is 3.12. The van der Waals surface area contributed by atoms with Gasteiger partial charge in [-0.05, 0) is 24.4 Å². The Morgan fingerprint density at radius 1 is 1.25 bits per heavy atom. The number of thiazole rings is 1. The smallest absolute Gasteiger partial charge is 0.158 e. The summed E-state index contributed by atoms with van der Waals surface area (Å²) in [6, 6.07) is 5.70. The van der Waals surface area contributed by atoms with Gasteiger partial charge in [-0.25, -0.2) is 0 Å². The summed E-state index contributed by atoms with van der Waals surface area (Å²) in [7, 11) is 3.27. The zero-order chi connectivity index (χ0) is 11.5. The predicted octanol–water partition coefficient (Wildman–Crippen LogP) is 3.49. The molecule has 0 atom stereocenters. The average molecular weight is 253 g/mol. The molecule has 0 bridgehead atoms. The van der Waals surface area contributed by atoms with Crippen LogP contribution in [0.5, 0.6) is 11.5 Å². The number of methoxy groups -OCH3 is 2. The van der Waals surface area contributed by atoms with Crippen molar-refractivity contribution >= 4 is 23.6 Å². The first-order chi connectivity index (χ1) is 7.74. The van der Waals surface area contributed by atoms with Crippen LogP contribution in [0.4, 0.5) is 0 Å². The first-order valence-corrected chi connectivity index (χ1v) is 5.93. The summed E-state index contributed by atoms with van der Waals surface area (Å²) in [5.41, 5.74) is 1.95. The number of H-pyrrole nitrogens is 1. The van der Waals surface area contributed by atoms with E-state index in [-0.39, 0.29) is 0 Å². The SMILES string of the molecule is COc1ccc(-c2csc(=S)[nH]2)c(OC)c1. The molecule has 0 aliphatic rings. The molecular formula is C11H11NO2S2. The Balaban J connectivity index is 2.52. The minimum Gasteiger partial charge on any atom is -0.497 e. The fraction of sp³-hybridized carbons (Fsp3) is 0.182. The minimum absolute atomic E-state index is 0.757. The minimum atomic E-state index is 0.757. The lowest BCUT2D eigenvalue weighted by Crippen LogP contribution is -1.90. The number of aromatic amines is 1. The molecule has 0 saturated heterocycles. The van der Waals surface area contributed by atoms with Crippen LogP contribution in [0.1, 0.15) is 0 Å². The average Bonchev–Trinajstić information content (AvgIpc) is 2.74. The molecule has 0 amide bonds. The highest BCUT2D eigenvalue weighted by molar-refractivity contribution is 7.73. The Hall–Kier alpha value is -1.33. The summed E-state index contributed by atoms with van der Waals surface area (Å²) < 4.78 is 11.2. The number of aromatic nitrogens is 1. The molecule has 5 heteroatoms. The lowest BCUT2D eigenvalue weighted by Gasteiger charge is -2.08. The maximum absolute atomic E-state index is 5.32. The highest BCUT2D eigenvalue weighted by Gasteiger charge is 2.08. The summed E-state index contributed by atoms with van der Waals surface area (Å²) in [6.45, 7) is 0. The van der Waals surface area contributed by atoms with E-state index < -0.39 is 0 Å². The van der Waals surface area contributed by atoms with E-state index in [0.717, 1.165) is 26.7 Å². The van der Waals surface area contributed by atoms with Crippen LogP contribution in [0, 0.1) is 3.95 Å². The Labute approximate surface area is 103 Å². The number of hydrogen-bond acceptors (Lipinski definition) is 4. The molecule has 2 rings (SSSR count). The largest absolute Gasteiger partial charge is 0.497 e. The van der Waals surface area contributed by atoms with Crippen molar-refractivity contribution < 1.29 is 9.47 Å². The van der Waals surface area contributed by atoms with E-state index in [2.05, 4.69) is 4.98 Å². The van der Waals surface area contributed by atoms with Gasteiger partial charge >= 0.3 is 0 Å². The first-order valence-electron chi connectivity index (χ1n) is 4.65. The van der Waals surface area contributed by atoms with Gasteiger partial charge in [0.25, 0.3) is 0 Å². The Morgan fingerprint density at radius 2 is 2.06 bits per heavy atom. The standard InChI is InChI=1S/C11H11NO2S2/c1-13-7-3-4-8(10(5-7)14-2)9-6-16-11(15)12-9/h3-6H,1-2H3,(H,12,15). The van der Waals surface area contributed by atoms with Crippen molar-refractivity contribution in [3.63, 3.8) is 0 Å². The van der Waals surface area contributed by atoms with Gasteiger partial charge in [-0.15, -0.1) is 11.3 Å². The van der Waals surface area contributed by atoms with E-state index >= 15 is 0 Å². The molecule has 0 aliphatic heterocycles. The molecule has 3 nitrogen and oxygen atoms in total. The quantitative estimate of drug-likeness (QED) is 0.850. The molecule has 0 spiro atoms. The molecule has 0 aliphatic carbocycles. The second-order valence-electron chi connectivity index (χ2n) is 3.13. The van der Waals surface area contributed by atoms with Crippen molar-refractivity contribution in [3.8, 4) is 22.8 Å². The molecule has 84 valence electrons. The number of hydrogen-bond donors (Lipinski definition) is 1. The lowest BCUT2D eigenvalue weighted by atomic mass is 10.1. The zero-order valence-corrected chi connectivity index (χ0v) is 10.6. The number of nitrogens with one attached hydrogen (secondary N) is 1. The van der Waals surface area contributed by atoms with Crippen LogP contribution in [0.25, 0.3) is 11.3 Å². The third-order valence-corrected chi connectivity index (χ3v) is 3.28. The fourth-order valence-corrected chi connectivity index (χ4v) is 2.27. The van der Waals surface area contributed by atoms with Crippen molar-refractivity contribution in [1.82, 2.24) is 4.98 Å².